The number of allylic oxidation sites excluding steroid dienone is 1. The molecule has 0 saturated carbocycles. The van der Waals surface area contributed by atoms with Crippen LogP contribution in [0.4, 0.5) is 0 Å². The Hall–Kier alpha value is -1.96. The maximum absolute atomic E-state index is 12.5. The zero-order valence-corrected chi connectivity index (χ0v) is 11.5. The number of carbonyl (C=O) groups excluding carboxylic acids is 1. The summed E-state index contributed by atoms with van der Waals surface area (Å²) in [6.07, 6.45) is 3.49. The van der Waals surface area contributed by atoms with Gasteiger partial charge in [0.25, 0.3) is 0 Å². The normalized spacial score (nSPS) is 11.5. The number of pyridine rings is 1. The van der Waals surface area contributed by atoms with Crippen LogP contribution in [-0.2, 0) is 0 Å². The van der Waals surface area contributed by atoms with Crippen molar-refractivity contribution in [3.05, 3.63) is 54.7 Å². The van der Waals surface area contributed by atoms with Gasteiger partial charge in [0.15, 0.2) is 5.78 Å². The van der Waals surface area contributed by atoms with E-state index >= 15 is 0 Å². The van der Waals surface area contributed by atoms with Gasteiger partial charge >= 0.3 is 0 Å². The van der Waals surface area contributed by atoms with E-state index in [2.05, 4.69) is 11.6 Å². The number of fused-ring (bicyclic) bond motifs is 1. The number of carbonyl (C=O) groups is 1. The molecule has 2 heteroatoms. The molecule has 0 bridgehead atoms. The molecule has 0 fully saturated rings. The largest absolute Gasteiger partial charge is 0.292 e. The topological polar surface area (TPSA) is 30.0 Å². The van der Waals surface area contributed by atoms with Crippen LogP contribution in [0.15, 0.2) is 49.1 Å². The summed E-state index contributed by atoms with van der Waals surface area (Å²) in [6, 6.07) is 11.6. The summed E-state index contributed by atoms with van der Waals surface area (Å²) in [5.74, 6) is 0.0973. The van der Waals surface area contributed by atoms with Gasteiger partial charge in [-0.2, -0.15) is 0 Å². The first-order chi connectivity index (χ1) is 9.04. The summed E-state index contributed by atoms with van der Waals surface area (Å²) >= 11 is 0. The van der Waals surface area contributed by atoms with Crippen molar-refractivity contribution in [2.45, 2.75) is 26.7 Å². The predicted octanol–water partition coefficient (Wildman–Crippen LogP) is 4.41. The van der Waals surface area contributed by atoms with Gasteiger partial charge in [0, 0.05) is 10.8 Å². The van der Waals surface area contributed by atoms with Crippen LogP contribution in [-0.4, -0.2) is 10.8 Å². The number of ketones is 1. The predicted molar refractivity (Wildman–Crippen MR) is 79.3 cm³/mol. The Morgan fingerprint density at radius 3 is 2.74 bits per heavy atom. The van der Waals surface area contributed by atoms with E-state index in [0.29, 0.717) is 5.69 Å². The molecule has 0 amide bonds. The third-order valence-corrected chi connectivity index (χ3v) is 3.42. The van der Waals surface area contributed by atoms with E-state index < -0.39 is 5.41 Å². The fourth-order valence-corrected chi connectivity index (χ4v) is 2.12. The smallest absolute Gasteiger partial charge is 0.186 e. The lowest BCUT2D eigenvalue weighted by Crippen LogP contribution is -2.25. The van der Waals surface area contributed by atoms with E-state index in [9.17, 15) is 4.79 Å². The molecule has 0 aliphatic rings. The molecule has 2 aromatic rings. The van der Waals surface area contributed by atoms with Crippen molar-refractivity contribution in [1.82, 2.24) is 4.98 Å². The second-order valence-electron chi connectivity index (χ2n) is 5.43. The minimum atomic E-state index is -0.399. The molecule has 2 nitrogen and oxygen atoms in total. The van der Waals surface area contributed by atoms with Gasteiger partial charge < -0.3 is 0 Å². The highest BCUT2D eigenvalue weighted by Gasteiger charge is 2.28. The van der Waals surface area contributed by atoms with Crippen molar-refractivity contribution in [2.75, 3.05) is 0 Å². The van der Waals surface area contributed by atoms with Crippen LogP contribution >= 0.6 is 0 Å². The Balaban J connectivity index is 2.33. The molecule has 0 unspecified atom stereocenters. The number of hydrogen-bond acceptors (Lipinski definition) is 2. The van der Waals surface area contributed by atoms with Crippen molar-refractivity contribution >= 4 is 16.7 Å². The molecule has 0 aliphatic heterocycles. The minimum Gasteiger partial charge on any atom is -0.292 e. The molecular weight excluding hydrogens is 234 g/mol. The molecule has 0 spiro atoms. The summed E-state index contributed by atoms with van der Waals surface area (Å²) in [6.45, 7) is 7.65. The summed E-state index contributed by atoms with van der Waals surface area (Å²) in [5, 5.41) is 1.06. The average Bonchev–Trinajstić information content (AvgIpc) is 2.44. The SMILES string of the molecule is C=CCCC(C)(C)C(=O)c1ccc2ccccc2n1. The van der Waals surface area contributed by atoms with Crippen LogP contribution in [0.5, 0.6) is 0 Å². The maximum Gasteiger partial charge on any atom is 0.186 e. The van der Waals surface area contributed by atoms with Gasteiger partial charge in [-0.25, -0.2) is 4.98 Å². The summed E-state index contributed by atoms with van der Waals surface area (Å²) in [5.41, 5.74) is 1.02. The van der Waals surface area contributed by atoms with Gasteiger partial charge in [-0.05, 0) is 25.0 Å². The molecule has 98 valence electrons. The quantitative estimate of drug-likeness (QED) is 0.583. The molecule has 19 heavy (non-hydrogen) atoms. The van der Waals surface area contributed by atoms with E-state index in [-0.39, 0.29) is 5.78 Å². The molecule has 1 aromatic carbocycles. The Bertz CT molecular complexity index is 613. The monoisotopic (exact) mass is 253 g/mol. The number of nitrogens with zero attached hydrogens (tertiary/aromatic N) is 1. The van der Waals surface area contributed by atoms with E-state index in [0.717, 1.165) is 23.7 Å². The van der Waals surface area contributed by atoms with E-state index in [4.69, 9.17) is 0 Å². The van der Waals surface area contributed by atoms with Crippen LogP contribution in [0.2, 0.25) is 0 Å². The Kier molecular flexibility index (Phi) is 3.79. The lowest BCUT2D eigenvalue weighted by Gasteiger charge is -2.21. The van der Waals surface area contributed by atoms with Crippen molar-refractivity contribution < 1.29 is 4.79 Å². The second kappa shape index (κ2) is 5.35. The van der Waals surface area contributed by atoms with Crippen LogP contribution in [0.1, 0.15) is 37.2 Å². The van der Waals surface area contributed by atoms with Gasteiger partial charge in [-0.3, -0.25) is 4.79 Å². The Labute approximate surface area is 114 Å². The number of hydrogen-bond donors (Lipinski definition) is 0. The van der Waals surface area contributed by atoms with Gasteiger partial charge in [0.05, 0.1) is 5.52 Å². The van der Waals surface area contributed by atoms with Crippen LogP contribution < -0.4 is 0 Å². The Morgan fingerprint density at radius 1 is 1.26 bits per heavy atom. The number of benzene rings is 1. The molecule has 1 aromatic heterocycles. The molecule has 2 rings (SSSR count). The highest BCUT2D eigenvalue weighted by atomic mass is 16.1. The van der Waals surface area contributed by atoms with Crippen LogP contribution in [0.25, 0.3) is 10.9 Å². The number of rotatable bonds is 5. The standard InChI is InChI=1S/C17H19NO/c1-4-5-12-17(2,3)16(19)15-11-10-13-8-6-7-9-14(13)18-15/h4,6-11H,1,5,12H2,2-3H3. The highest BCUT2D eigenvalue weighted by Crippen LogP contribution is 2.27. The third-order valence-electron chi connectivity index (χ3n) is 3.42. The first-order valence-corrected chi connectivity index (χ1v) is 6.56. The lowest BCUT2D eigenvalue weighted by atomic mass is 9.81. The summed E-state index contributed by atoms with van der Waals surface area (Å²) in [4.78, 5) is 17.0. The van der Waals surface area contributed by atoms with Crippen molar-refractivity contribution in [2.24, 2.45) is 5.41 Å². The first kappa shape index (κ1) is 13.5. The molecule has 0 atom stereocenters. The molecule has 0 N–H and O–H groups in total. The van der Waals surface area contributed by atoms with Crippen LogP contribution in [0, 0.1) is 5.41 Å². The Morgan fingerprint density at radius 2 is 2.00 bits per heavy atom. The fourth-order valence-electron chi connectivity index (χ4n) is 2.12. The third kappa shape index (κ3) is 2.90. The molecule has 0 aliphatic carbocycles. The van der Waals surface area contributed by atoms with Gasteiger partial charge in [-0.1, -0.05) is 44.2 Å². The van der Waals surface area contributed by atoms with E-state index in [1.807, 2.05) is 56.3 Å². The fraction of sp³-hybridized carbons (Fsp3) is 0.294. The molecule has 1 heterocycles. The minimum absolute atomic E-state index is 0.0973. The number of Topliss-reactive ketones (excluding diaryl/α,β-unsaturated/α-hetero) is 1. The van der Waals surface area contributed by atoms with E-state index in [1.54, 1.807) is 0 Å². The molecule has 0 saturated heterocycles. The summed E-state index contributed by atoms with van der Waals surface area (Å²) in [7, 11) is 0. The number of aromatic nitrogens is 1. The molecular formula is C17H19NO. The highest BCUT2D eigenvalue weighted by molar-refractivity contribution is 6.00. The van der Waals surface area contributed by atoms with Gasteiger partial charge in [-0.15, -0.1) is 6.58 Å². The lowest BCUT2D eigenvalue weighted by molar-refractivity contribution is 0.0822. The van der Waals surface area contributed by atoms with Crippen LogP contribution in [0.3, 0.4) is 0 Å². The number of para-hydroxylation sites is 1. The zero-order valence-electron chi connectivity index (χ0n) is 11.5. The zero-order chi connectivity index (χ0) is 13.9. The van der Waals surface area contributed by atoms with Gasteiger partial charge in [0.2, 0.25) is 0 Å². The average molecular weight is 253 g/mol. The van der Waals surface area contributed by atoms with Gasteiger partial charge in [0.1, 0.15) is 5.69 Å². The molecule has 0 radical (unpaired) electrons. The summed E-state index contributed by atoms with van der Waals surface area (Å²) < 4.78 is 0. The van der Waals surface area contributed by atoms with Crippen molar-refractivity contribution in [3.63, 3.8) is 0 Å². The van der Waals surface area contributed by atoms with Crippen molar-refractivity contribution in [3.8, 4) is 0 Å². The first-order valence-electron chi connectivity index (χ1n) is 6.56. The van der Waals surface area contributed by atoms with Crippen molar-refractivity contribution in [1.29, 1.82) is 0 Å². The van der Waals surface area contributed by atoms with E-state index in [1.165, 1.54) is 0 Å². The maximum atomic E-state index is 12.5. The second-order valence-corrected chi connectivity index (χ2v) is 5.43.